The van der Waals surface area contributed by atoms with Gasteiger partial charge in [0, 0.05) is 6.54 Å². The largest absolute Gasteiger partial charge is 0.342 e. The van der Waals surface area contributed by atoms with E-state index in [1.807, 2.05) is 11.8 Å². The van der Waals surface area contributed by atoms with Gasteiger partial charge in [0.15, 0.2) is 0 Å². The first-order valence-electron chi connectivity index (χ1n) is 8.02. The van der Waals surface area contributed by atoms with Crippen molar-refractivity contribution in [3.8, 4) is 0 Å². The maximum Gasteiger partial charge on any atom is 0.246 e. The molecule has 1 N–H and O–H groups in total. The number of hydrogen-bond acceptors (Lipinski definition) is 3. The highest BCUT2D eigenvalue weighted by Gasteiger charge is 2.56. The standard InChI is InChI=1S/C16H28N2O2S/c1-11(2)10-13-14(19)18(8-5-9-21-4)16(3,12-6-7-12)15(20)17-13/h11-13H,5-10H2,1-4H3,(H,17,20). The fourth-order valence-corrected chi connectivity index (χ4v) is 3.72. The molecule has 0 aromatic heterocycles. The molecule has 0 aromatic rings. The average Bonchev–Trinajstić information content (AvgIpc) is 3.24. The van der Waals surface area contributed by atoms with Gasteiger partial charge in [-0.2, -0.15) is 11.8 Å². The van der Waals surface area contributed by atoms with Crippen LogP contribution in [0.3, 0.4) is 0 Å². The highest BCUT2D eigenvalue weighted by Crippen LogP contribution is 2.45. The molecular weight excluding hydrogens is 284 g/mol. The summed E-state index contributed by atoms with van der Waals surface area (Å²) in [5.74, 6) is 1.95. The van der Waals surface area contributed by atoms with Crippen LogP contribution in [0.15, 0.2) is 0 Å². The number of amides is 2. The van der Waals surface area contributed by atoms with Crippen molar-refractivity contribution in [3.63, 3.8) is 0 Å². The van der Waals surface area contributed by atoms with Crippen molar-refractivity contribution in [2.45, 2.75) is 58.0 Å². The first kappa shape index (κ1) is 16.7. The molecule has 1 saturated carbocycles. The zero-order valence-corrected chi connectivity index (χ0v) is 14.5. The minimum absolute atomic E-state index is 0.0550. The third-order valence-electron chi connectivity index (χ3n) is 4.70. The number of rotatable bonds is 7. The van der Waals surface area contributed by atoms with Crippen LogP contribution in [-0.2, 0) is 9.59 Å². The van der Waals surface area contributed by atoms with Gasteiger partial charge in [-0.25, -0.2) is 0 Å². The van der Waals surface area contributed by atoms with Crippen LogP contribution in [0.2, 0.25) is 0 Å². The van der Waals surface area contributed by atoms with Gasteiger partial charge in [0.05, 0.1) is 0 Å². The van der Waals surface area contributed by atoms with E-state index in [0.29, 0.717) is 18.4 Å². The van der Waals surface area contributed by atoms with Crippen LogP contribution < -0.4 is 5.32 Å². The highest BCUT2D eigenvalue weighted by molar-refractivity contribution is 7.98. The molecule has 1 aliphatic carbocycles. The van der Waals surface area contributed by atoms with Crippen LogP contribution in [0.25, 0.3) is 0 Å². The zero-order valence-electron chi connectivity index (χ0n) is 13.6. The Morgan fingerprint density at radius 2 is 2.05 bits per heavy atom. The molecular formula is C16H28N2O2S. The van der Waals surface area contributed by atoms with Crippen molar-refractivity contribution < 1.29 is 9.59 Å². The number of thioether (sulfide) groups is 1. The summed E-state index contributed by atoms with van der Waals surface area (Å²) in [4.78, 5) is 27.4. The number of nitrogens with zero attached hydrogens (tertiary/aromatic N) is 1. The van der Waals surface area contributed by atoms with Gasteiger partial charge in [-0.3, -0.25) is 9.59 Å². The lowest BCUT2D eigenvalue weighted by Gasteiger charge is -2.47. The number of nitrogens with one attached hydrogen (secondary N) is 1. The minimum Gasteiger partial charge on any atom is -0.342 e. The summed E-state index contributed by atoms with van der Waals surface area (Å²) in [6, 6.07) is -0.335. The van der Waals surface area contributed by atoms with E-state index in [0.717, 1.165) is 31.4 Å². The lowest BCUT2D eigenvalue weighted by atomic mass is 9.86. The second-order valence-corrected chi connectivity index (χ2v) is 7.90. The fraction of sp³-hybridized carbons (Fsp3) is 0.875. The Kier molecular flexibility index (Phi) is 5.23. The molecule has 2 aliphatic rings. The van der Waals surface area contributed by atoms with E-state index in [4.69, 9.17) is 0 Å². The van der Waals surface area contributed by atoms with Gasteiger partial charge in [-0.15, -0.1) is 0 Å². The highest BCUT2D eigenvalue weighted by atomic mass is 32.2. The van der Waals surface area contributed by atoms with Gasteiger partial charge in [0.2, 0.25) is 11.8 Å². The van der Waals surface area contributed by atoms with Crippen molar-refractivity contribution in [1.29, 1.82) is 0 Å². The fourth-order valence-electron chi connectivity index (χ4n) is 3.30. The molecule has 5 heteroatoms. The Balaban J connectivity index is 2.17. The van der Waals surface area contributed by atoms with Crippen LogP contribution in [0, 0.1) is 11.8 Å². The average molecular weight is 312 g/mol. The van der Waals surface area contributed by atoms with Crippen LogP contribution in [0.4, 0.5) is 0 Å². The molecule has 2 atom stereocenters. The molecule has 0 radical (unpaired) electrons. The monoisotopic (exact) mass is 312 g/mol. The Morgan fingerprint density at radius 1 is 1.38 bits per heavy atom. The summed E-state index contributed by atoms with van der Waals surface area (Å²) in [5, 5.41) is 2.99. The maximum absolute atomic E-state index is 12.9. The number of carbonyl (C=O) groups excluding carboxylic acids is 2. The van der Waals surface area contributed by atoms with Gasteiger partial charge >= 0.3 is 0 Å². The molecule has 2 rings (SSSR count). The molecule has 1 heterocycles. The summed E-state index contributed by atoms with van der Waals surface area (Å²) >= 11 is 1.79. The SMILES string of the molecule is CSCCCN1C(=O)C(CC(C)C)NC(=O)C1(C)C1CC1. The van der Waals surface area contributed by atoms with E-state index in [1.165, 1.54) is 0 Å². The van der Waals surface area contributed by atoms with Crippen LogP contribution in [0.5, 0.6) is 0 Å². The van der Waals surface area contributed by atoms with E-state index in [-0.39, 0.29) is 17.9 Å². The van der Waals surface area contributed by atoms with E-state index < -0.39 is 5.54 Å². The summed E-state index contributed by atoms with van der Waals surface area (Å²) in [6.45, 7) is 6.84. The Labute approximate surface area is 132 Å². The van der Waals surface area contributed by atoms with Gasteiger partial charge < -0.3 is 10.2 Å². The molecule has 2 fully saturated rings. The zero-order chi connectivity index (χ0) is 15.6. The van der Waals surface area contributed by atoms with Crippen LogP contribution >= 0.6 is 11.8 Å². The van der Waals surface area contributed by atoms with E-state index >= 15 is 0 Å². The predicted octanol–water partition coefficient (Wildman–Crippen LogP) is 2.28. The second kappa shape index (κ2) is 6.59. The first-order chi connectivity index (χ1) is 9.91. The van der Waals surface area contributed by atoms with Crippen LogP contribution in [0.1, 0.15) is 46.5 Å². The van der Waals surface area contributed by atoms with Gasteiger partial charge in [0.1, 0.15) is 11.6 Å². The van der Waals surface area contributed by atoms with Crippen LogP contribution in [-0.4, -0.2) is 46.8 Å². The Hall–Kier alpha value is -0.710. The molecule has 120 valence electrons. The third kappa shape index (κ3) is 3.38. The van der Waals surface area contributed by atoms with E-state index in [2.05, 4.69) is 25.4 Å². The van der Waals surface area contributed by atoms with Gasteiger partial charge in [-0.05, 0) is 56.5 Å². The Morgan fingerprint density at radius 3 is 2.57 bits per heavy atom. The van der Waals surface area contributed by atoms with Crippen molar-refractivity contribution in [2.75, 3.05) is 18.6 Å². The molecule has 1 saturated heterocycles. The third-order valence-corrected chi connectivity index (χ3v) is 5.40. The topological polar surface area (TPSA) is 49.4 Å². The van der Waals surface area contributed by atoms with Crippen molar-refractivity contribution in [2.24, 2.45) is 11.8 Å². The first-order valence-corrected chi connectivity index (χ1v) is 9.42. The van der Waals surface area contributed by atoms with Gasteiger partial charge in [-0.1, -0.05) is 13.8 Å². The molecule has 4 nitrogen and oxygen atoms in total. The number of carbonyl (C=O) groups is 2. The van der Waals surface area contributed by atoms with Crippen molar-refractivity contribution >= 4 is 23.6 Å². The van der Waals surface area contributed by atoms with Crippen molar-refractivity contribution in [1.82, 2.24) is 10.2 Å². The minimum atomic E-state index is -0.622. The molecule has 0 spiro atoms. The quantitative estimate of drug-likeness (QED) is 0.734. The number of hydrogen-bond donors (Lipinski definition) is 1. The smallest absolute Gasteiger partial charge is 0.246 e. The molecule has 2 unspecified atom stereocenters. The summed E-state index contributed by atoms with van der Waals surface area (Å²) < 4.78 is 0. The second-order valence-electron chi connectivity index (χ2n) is 6.91. The number of piperazine rings is 1. The van der Waals surface area contributed by atoms with E-state index in [1.54, 1.807) is 11.8 Å². The molecule has 0 aromatic carbocycles. The molecule has 0 bridgehead atoms. The summed E-state index contributed by atoms with van der Waals surface area (Å²) in [5.41, 5.74) is -0.622. The lowest BCUT2D eigenvalue weighted by molar-refractivity contribution is -0.158. The molecule has 1 aliphatic heterocycles. The van der Waals surface area contributed by atoms with Crippen molar-refractivity contribution in [3.05, 3.63) is 0 Å². The normalized spacial score (nSPS) is 30.0. The molecule has 2 amide bonds. The van der Waals surface area contributed by atoms with E-state index in [9.17, 15) is 9.59 Å². The van der Waals surface area contributed by atoms with Gasteiger partial charge in [0.25, 0.3) is 0 Å². The summed E-state index contributed by atoms with van der Waals surface area (Å²) in [6.07, 6.45) is 5.88. The Bertz CT molecular complexity index is 409. The molecule has 21 heavy (non-hydrogen) atoms. The summed E-state index contributed by atoms with van der Waals surface area (Å²) in [7, 11) is 0. The predicted molar refractivity (Wildman–Crippen MR) is 87.2 cm³/mol. The lowest BCUT2D eigenvalue weighted by Crippen LogP contribution is -2.70. The maximum atomic E-state index is 12.9.